The van der Waals surface area contributed by atoms with Gasteiger partial charge in [0, 0.05) is 5.41 Å². The largest absolute Gasteiger partial charge is 0.0619 e. The Morgan fingerprint density at radius 3 is 1.57 bits per heavy atom. The predicted molar refractivity (Wildman–Crippen MR) is 210 cm³/mol. The van der Waals surface area contributed by atoms with E-state index in [0.29, 0.717) is 0 Å². The van der Waals surface area contributed by atoms with Crippen LogP contribution in [0.2, 0.25) is 0 Å². The molecular formula is C49H34. The van der Waals surface area contributed by atoms with Crippen molar-refractivity contribution in [3.63, 3.8) is 0 Å². The van der Waals surface area contributed by atoms with Crippen LogP contribution in [0, 0.1) is 0 Å². The zero-order valence-electron chi connectivity index (χ0n) is 27.7. The number of hydrogen-bond donors (Lipinski definition) is 0. The summed E-state index contributed by atoms with van der Waals surface area (Å²) in [5.41, 5.74) is 13.1. The minimum absolute atomic E-state index is 0.0490. The highest BCUT2D eigenvalue weighted by atomic mass is 14.4. The normalized spacial score (nSPS) is 13.3. The maximum absolute atomic E-state index is 2.47. The smallest absolute Gasteiger partial charge is 0.0159 e. The Hall–Kier alpha value is -5.98. The fraction of sp³-hybridized carbons (Fsp3) is 0.0612. The van der Waals surface area contributed by atoms with Crippen molar-refractivity contribution in [3.05, 3.63) is 181 Å². The van der Waals surface area contributed by atoms with Crippen LogP contribution in [0.3, 0.4) is 0 Å². The summed E-state index contributed by atoms with van der Waals surface area (Å²) in [6.07, 6.45) is 0. The molecule has 0 nitrogen and oxygen atoms in total. The molecule has 10 rings (SSSR count). The van der Waals surface area contributed by atoms with Gasteiger partial charge in [-0.1, -0.05) is 166 Å². The summed E-state index contributed by atoms with van der Waals surface area (Å²) in [6, 6.07) is 63.2. The molecule has 0 saturated carbocycles. The molecule has 0 aliphatic heterocycles. The summed E-state index contributed by atoms with van der Waals surface area (Å²) >= 11 is 0. The van der Waals surface area contributed by atoms with E-state index in [1.807, 2.05) is 0 Å². The van der Waals surface area contributed by atoms with Crippen LogP contribution in [0.4, 0.5) is 0 Å². The van der Waals surface area contributed by atoms with Gasteiger partial charge in [-0.2, -0.15) is 0 Å². The van der Waals surface area contributed by atoms with Gasteiger partial charge in [-0.15, -0.1) is 0 Å². The van der Waals surface area contributed by atoms with Gasteiger partial charge in [0.15, 0.2) is 0 Å². The fourth-order valence-electron chi connectivity index (χ4n) is 8.74. The monoisotopic (exact) mass is 622 g/mol. The quantitative estimate of drug-likeness (QED) is 0.172. The molecule has 0 aromatic heterocycles. The van der Waals surface area contributed by atoms with Crippen molar-refractivity contribution in [2.45, 2.75) is 19.3 Å². The van der Waals surface area contributed by atoms with E-state index < -0.39 is 0 Å². The van der Waals surface area contributed by atoms with E-state index in [9.17, 15) is 0 Å². The van der Waals surface area contributed by atoms with Crippen molar-refractivity contribution < 1.29 is 0 Å². The van der Waals surface area contributed by atoms with Crippen LogP contribution >= 0.6 is 0 Å². The standard InChI is InChI=1S/C49H34/c1-49(2)44-24-12-11-22-42(44)48-37(23-13-25-45(48)49)35-29-33-16-5-6-17-36(33)43(30-35)47-40-20-9-7-18-38(40)46(39-19-8-10-21-41(39)47)34-27-26-31-14-3-4-15-32(31)28-34/h3-30H,1-2H3. The molecule has 1 aliphatic rings. The molecule has 0 heteroatoms. The summed E-state index contributed by atoms with van der Waals surface area (Å²) in [4.78, 5) is 0. The SMILES string of the molecule is CC1(C)c2ccccc2-c2c(-c3cc(-c4c5ccccc5c(-c5ccc6ccccc6c5)c5ccccc45)c4ccccc4c3)cccc21. The molecule has 0 saturated heterocycles. The molecule has 49 heavy (non-hydrogen) atoms. The molecule has 230 valence electrons. The van der Waals surface area contributed by atoms with Crippen molar-refractivity contribution in [2.75, 3.05) is 0 Å². The van der Waals surface area contributed by atoms with Crippen molar-refractivity contribution in [1.82, 2.24) is 0 Å². The summed E-state index contributed by atoms with van der Waals surface area (Å²) < 4.78 is 0. The predicted octanol–water partition coefficient (Wildman–Crippen LogP) is 13.6. The lowest BCUT2D eigenvalue weighted by atomic mass is 9.81. The van der Waals surface area contributed by atoms with E-state index in [1.54, 1.807) is 0 Å². The van der Waals surface area contributed by atoms with Crippen LogP contribution in [-0.4, -0.2) is 0 Å². The van der Waals surface area contributed by atoms with Gasteiger partial charge < -0.3 is 0 Å². The first-order valence-electron chi connectivity index (χ1n) is 17.3. The van der Waals surface area contributed by atoms with Gasteiger partial charge in [0.05, 0.1) is 0 Å². The second-order valence-electron chi connectivity index (χ2n) is 14.0. The van der Waals surface area contributed by atoms with Crippen LogP contribution in [-0.2, 0) is 5.41 Å². The minimum atomic E-state index is -0.0490. The molecule has 0 heterocycles. The highest BCUT2D eigenvalue weighted by molar-refractivity contribution is 6.24. The summed E-state index contributed by atoms with van der Waals surface area (Å²) in [5, 5.41) is 10.1. The van der Waals surface area contributed by atoms with Gasteiger partial charge in [-0.05, 0) is 117 Å². The van der Waals surface area contributed by atoms with Crippen molar-refractivity contribution >= 4 is 43.1 Å². The van der Waals surface area contributed by atoms with Gasteiger partial charge in [-0.25, -0.2) is 0 Å². The van der Waals surface area contributed by atoms with Crippen LogP contribution in [0.1, 0.15) is 25.0 Å². The Morgan fingerprint density at radius 1 is 0.306 bits per heavy atom. The van der Waals surface area contributed by atoms with Crippen molar-refractivity contribution in [3.8, 4) is 44.5 Å². The third-order valence-corrected chi connectivity index (χ3v) is 11.0. The first kappa shape index (κ1) is 28.1. The average molecular weight is 623 g/mol. The second-order valence-corrected chi connectivity index (χ2v) is 14.0. The van der Waals surface area contributed by atoms with E-state index in [-0.39, 0.29) is 5.41 Å². The molecule has 9 aromatic rings. The summed E-state index contributed by atoms with van der Waals surface area (Å²) in [6.45, 7) is 4.73. The highest BCUT2D eigenvalue weighted by Gasteiger charge is 2.36. The van der Waals surface area contributed by atoms with Crippen LogP contribution in [0.15, 0.2) is 170 Å². The number of rotatable bonds is 3. The molecule has 1 aliphatic carbocycles. The summed E-state index contributed by atoms with van der Waals surface area (Å²) in [7, 11) is 0. The van der Waals surface area contributed by atoms with Crippen LogP contribution < -0.4 is 0 Å². The van der Waals surface area contributed by atoms with E-state index in [2.05, 4.69) is 184 Å². The van der Waals surface area contributed by atoms with Crippen molar-refractivity contribution in [1.29, 1.82) is 0 Å². The third kappa shape index (κ3) is 4.11. The maximum Gasteiger partial charge on any atom is 0.0159 e. The molecule has 0 bridgehead atoms. The number of benzene rings is 9. The van der Waals surface area contributed by atoms with Gasteiger partial charge in [0.25, 0.3) is 0 Å². The Bertz CT molecular complexity index is 2740. The molecule has 0 atom stereocenters. The van der Waals surface area contributed by atoms with Gasteiger partial charge in [0.2, 0.25) is 0 Å². The fourth-order valence-corrected chi connectivity index (χ4v) is 8.74. The minimum Gasteiger partial charge on any atom is -0.0619 e. The van der Waals surface area contributed by atoms with Crippen LogP contribution in [0.25, 0.3) is 87.6 Å². The van der Waals surface area contributed by atoms with E-state index in [1.165, 1.54) is 98.7 Å². The Balaban J connectivity index is 1.30. The lowest BCUT2D eigenvalue weighted by Gasteiger charge is -2.22. The average Bonchev–Trinajstić information content (AvgIpc) is 3.39. The molecule has 0 N–H and O–H groups in total. The third-order valence-electron chi connectivity index (χ3n) is 11.0. The molecule has 0 spiro atoms. The van der Waals surface area contributed by atoms with Crippen molar-refractivity contribution in [2.24, 2.45) is 0 Å². The van der Waals surface area contributed by atoms with Gasteiger partial charge >= 0.3 is 0 Å². The lowest BCUT2D eigenvalue weighted by Crippen LogP contribution is -2.14. The van der Waals surface area contributed by atoms with E-state index in [0.717, 1.165) is 0 Å². The Morgan fingerprint density at radius 2 is 0.837 bits per heavy atom. The first-order valence-corrected chi connectivity index (χ1v) is 17.3. The second kappa shape index (κ2) is 10.5. The molecule has 9 aromatic carbocycles. The molecule has 0 amide bonds. The highest BCUT2D eigenvalue weighted by Crippen LogP contribution is 2.53. The lowest BCUT2D eigenvalue weighted by molar-refractivity contribution is 0.660. The molecular weight excluding hydrogens is 589 g/mol. The number of fused-ring (bicyclic) bond motifs is 7. The van der Waals surface area contributed by atoms with Gasteiger partial charge in [-0.3, -0.25) is 0 Å². The summed E-state index contributed by atoms with van der Waals surface area (Å²) in [5.74, 6) is 0. The molecule has 0 radical (unpaired) electrons. The van der Waals surface area contributed by atoms with Gasteiger partial charge in [0.1, 0.15) is 0 Å². The maximum atomic E-state index is 2.47. The topological polar surface area (TPSA) is 0 Å². The van der Waals surface area contributed by atoms with E-state index in [4.69, 9.17) is 0 Å². The van der Waals surface area contributed by atoms with E-state index >= 15 is 0 Å². The Kier molecular flexibility index (Phi) is 6.02. The molecule has 0 unspecified atom stereocenters. The zero-order chi connectivity index (χ0) is 32.7. The zero-order valence-corrected chi connectivity index (χ0v) is 27.7. The number of hydrogen-bond acceptors (Lipinski definition) is 0. The van der Waals surface area contributed by atoms with Crippen LogP contribution in [0.5, 0.6) is 0 Å². The molecule has 0 fully saturated rings. The first-order chi connectivity index (χ1) is 24.1. The Labute approximate surface area is 286 Å².